The van der Waals surface area contributed by atoms with Crippen molar-refractivity contribution in [2.75, 3.05) is 17.7 Å². The van der Waals surface area contributed by atoms with Gasteiger partial charge in [0.25, 0.3) is 0 Å². The summed E-state index contributed by atoms with van der Waals surface area (Å²) in [5.41, 5.74) is 11.5. The molecule has 2 N–H and O–H groups in total. The maximum atomic E-state index is 6.23. The van der Waals surface area contributed by atoms with E-state index in [2.05, 4.69) is 55.9 Å². The first-order valence-corrected chi connectivity index (χ1v) is 6.98. The first-order chi connectivity index (χ1) is 9.31. The van der Waals surface area contributed by atoms with Crippen molar-refractivity contribution in [1.82, 2.24) is 9.78 Å². The standard InChI is InChI=1S/C16H24N4/c1-10(2)20-16(15(17)13(5)18-20)19(6)14-8-11(3)7-12(4)9-14/h7-10H,17H2,1-6H3. The second-order valence-corrected chi connectivity index (χ2v) is 5.77. The highest BCUT2D eigenvalue weighted by Crippen LogP contribution is 2.33. The normalized spacial score (nSPS) is 11.2. The van der Waals surface area contributed by atoms with Gasteiger partial charge in [-0.1, -0.05) is 6.07 Å². The largest absolute Gasteiger partial charge is 0.394 e. The van der Waals surface area contributed by atoms with Gasteiger partial charge in [0.2, 0.25) is 0 Å². The van der Waals surface area contributed by atoms with E-state index in [1.54, 1.807) is 0 Å². The predicted octanol–water partition coefficient (Wildman–Crippen LogP) is 3.74. The molecule has 0 radical (unpaired) electrons. The van der Waals surface area contributed by atoms with E-state index in [-0.39, 0.29) is 6.04 Å². The summed E-state index contributed by atoms with van der Waals surface area (Å²) in [5.74, 6) is 0.961. The van der Waals surface area contributed by atoms with E-state index in [0.717, 1.165) is 22.9 Å². The molecule has 0 atom stereocenters. The van der Waals surface area contributed by atoms with Gasteiger partial charge in [0.05, 0.1) is 11.4 Å². The first kappa shape index (κ1) is 14.4. The number of nitrogen functional groups attached to an aromatic ring is 1. The minimum atomic E-state index is 0.273. The molecule has 0 aliphatic heterocycles. The Bertz CT molecular complexity index is 605. The van der Waals surface area contributed by atoms with Crippen LogP contribution in [-0.4, -0.2) is 16.8 Å². The third kappa shape index (κ3) is 2.50. The molecule has 4 nitrogen and oxygen atoms in total. The smallest absolute Gasteiger partial charge is 0.155 e. The Labute approximate surface area is 121 Å². The Balaban J connectivity index is 2.55. The van der Waals surface area contributed by atoms with Crippen LogP contribution >= 0.6 is 0 Å². The second kappa shape index (κ2) is 5.19. The zero-order valence-electron chi connectivity index (χ0n) is 13.2. The third-order valence-corrected chi connectivity index (χ3v) is 3.51. The Morgan fingerprint density at radius 3 is 2.15 bits per heavy atom. The lowest BCUT2D eigenvalue weighted by atomic mass is 10.1. The molecule has 2 rings (SSSR count). The van der Waals surface area contributed by atoms with Crippen molar-refractivity contribution in [3.63, 3.8) is 0 Å². The quantitative estimate of drug-likeness (QED) is 0.926. The van der Waals surface area contributed by atoms with Crippen molar-refractivity contribution in [2.45, 2.75) is 40.7 Å². The van der Waals surface area contributed by atoms with Crippen LogP contribution in [0.1, 0.15) is 36.7 Å². The molecule has 1 aromatic carbocycles. The van der Waals surface area contributed by atoms with Crippen LogP contribution in [0, 0.1) is 20.8 Å². The van der Waals surface area contributed by atoms with Gasteiger partial charge in [-0.2, -0.15) is 5.10 Å². The Hall–Kier alpha value is -1.97. The lowest BCUT2D eigenvalue weighted by Gasteiger charge is -2.23. The zero-order chi connectivity index (χ0) is 15.0. The highest BCUT2D eigenvalue weighted by atomic mass is 15.4. The fourth-order valence-electron chi connectivity index (χ4n) is 2.51. The number of nitrogens with two attached hydrogens (primary N) is 1. The van der Waals surface area contributed by atoms with Crippen LogP contribution in [0.2, 0.25) is 0 Å². The molecular formula is C16H24N4. The average Bonchev–Trinajstić information content (AvgIpc) is 2.64. The van der Waals surface area contributed by atoms with Crippen molar-refractivity contribution in [3.05, 3.63) is 35.0 Å². The van der Waals surface area contributed by atoms with Gasteiger partial charge >= 0.3 is 0 Å². The molecule has 0 aliphatic rings. The van der Waals surface area contributed by atoms with Crippen LogP contribution in [0.5, 0.6) is 0 Å². The monoisotopic (exact) mass is 272 g/mol. The summed E-state index contributed by atoms with van der Waals surface area (Å²) in [4.78, 5) is 2.12. The van der Waals surface area contributed by atoms with Crippen molar-refractivity contribution < 1.29 is 0 Å². The maximum Gasteiger partial charge on any atom is 0.155 e. The van der Waals surface area contributed by atoms with Gasteiger partial charge in [0.1, 0.15) is 0 Å². The van der Waals surface area contributed by atoms with E-state index in [1.807, 2.05) is 18.7 Å². The van der Waals surface area contributed by atoms with Crippen LogP contribution in [0.15, 0.2) is 18.2 Å². The van der Waals surface area contributed by atoms with Crippen LogP contribution in [0.3, 0.4) is 0 Å². The zero-order valence-corrected chi connectivity index (χ0v) is 13.2. The Kier molecular flexibility index (Phi) is 3.75. The summed E-state index contributed by atoms with van der Waals surface area (Å²) >= 11 is 0. The highest BCUT2D eigenvalue weighted by molar-refractivity contribution is 5.73. The predicted molar refractivity (Wildman–Crippen MR) is 85.7 cm³/mol. The summed E-state index contributed by atoms with van der Waals surface area (Å²) in [5, 5.41) is 4.55. The van der Waals surface area contributed by atoms with Gasteiger partial charge in [-0.15, -0.1) is 0 Å². The minimum absolute atomic E-state index is 0.273. The number of nitrogens with zero attached hydrogens (tertiary/aromatic N) is 3. The van der Waals surface area contributed by atoms with Crippen LogP contribution < -0.4 is 10.6 Å². The van der Waals surface area contributed by atoms with Gasteiger partial charge in [-0.3, -0.25) is 0 Å². The molecule has 0 amide bonds. The van der Waals surface area contributed by atoms with E-state index in [1.165, 1.54) is 11.1 Å². The van der Waals surface area contributed by atoms with Gasteiger partial charge < -0.3 is 10.6 Å². The van der Waals surface area contributed by atoms with Crippen LogP contribution in [0.4, 0.5) is 17.2 Å². The lowest BCUT2D eigenvalue weighted by Crippen LogP contribution is -2.18. The fourth-order valence-corrected chi connectivity index (χ4v) is 2.51. The number of aryl methyl sites for hydroxylation is 3. The van der Waals surface area contributed by atoms with Gasteiger partial charge in [0, 0.05) is 18.8 Å². The number of anilines is 3. The molecule has 108 valence electrons. The number of aromatic nitrogens is 2. The van der Waals surface area contributed by atoms with E-state index in [0.29, 0.717) is 0 Å². The molecule has 1 heterocycles. The minimum Gasteiger partial charge on any atom is -0.394 e. The summed E-state index contributed by atoms with van der Waals surface area (Å²) < 4.78 is 1.99. The van der Waals surface area contributed by atoms with E-state index < -0.39 is 0 Å². The van der Waals surface area contributed by atoms with E-state index >= 15 is 0 Å². The molecule has 4 heteroatoms. The Morgan fingerprint density at radius 2 is 1.65 bits per heavy atom. The fraction of sp³-hybridized carbons (Fsp3) is 0.438. The molecule has 1 aromatic heterocycles. The lowest BCUT2D eigenvalue weighted by molar-refractivity contribution is 0.531. The molecule has 0 aliphatic carbocycles. The SMILES string of the molecule is Cc1cc(C)cc(N(C)c2c(N)c(C)nn2C(C)C)c1. The molecule has 0 fully saturated rings. The average molecular weight is 272 g/mol. The number of rotatable bonds is 3. The van der Waals surface area contributed by atoms with Crippen molar-refractivity contribution in [2.24, 2.45) is 0 Å². The number of hydrogen-bond acceptors (Lipinski definition) is 3. The van der Waals surface area contributed by atoms with Crippen LogP contribution in [0.25, 0.3) is 0 Å². The van der Waals surface area contributed by atoms with E-state index in [9.17, 15) is 0 Å². The first-order valence-electron chi connectivity index (χ1n) is 6.98. The van der Waals surface area contributed by atoms with Gasteiger partial charge in [-0.25, -0.2) is 4.68 Å². The van der Waals surface area contributed by atoms with Crippen molar-refractivity contribution in [1.29, 1.82) is 0 Å². The maximum absolute atomic E-state index is 6.23. The number of benzene rings is 1. The molecule has 20 heavy (non-hydrogen) atoms. The summed E-state index contributed by atoms with van der Waals surface area (Å²) in [6.45, 7) is 10.4. The number of hydrogen-bond donors (Lipinski definition) is 1. The summed E-state index contributed by atoms with van der Waals surface area (Å²) in [6.07, 6.45) is 0. The van der Waals surface area contributed by atoms with Gasteiger partial charge in [-0.05, 0) is 57.9 Å². The molecule has 0 saturated carbocycles. The summed E-state index contributed by atoms with van der Waals surface area (Å²) in [6, 6.07) is 6.78. The molecule has 2 aromatic rings. The summed E-state index contributed by atoms with van der Waals surface area (Å²) in [7, 11) is 2.04. The molecule has 0 unspecified atom stereocenters. The van der Waals surface area contributed by atoms with Crippen LogP contribution in [-0.2, 0) is 0 Å². The third-order valence-electron chi connectivity index (χ3n) is 3.51. The molecule has 0 spiro atoms. The van der Waals surface area contributed by atoms with Gasteiger partial charge in [0.15, 0.2) is 5.82 Å². The molecular weight excluding hydrogens is 248 g/mol. The van der Waals surface area contributed by atoms with Crippen molar-refractivity contribution >= 4 is 17.2 Å². The Morgan fingerprint density at radius 1 is 1.10 bits per heavy atom. The molecule has 0 bridgehead atoms. The van der Waals surface area contributed by atoms with E-state index in [4.69, 9.17) is 5.73 Å². The van der Waals surface area contributed by atoms with Crippen molar-refractivity contribution in [3.8, 4) is 0 Å². The topological polar surface area (TPSA) is 47.1 Å². The highest BCUT2D eigenvalue weighted by Gasteiger charge is 2.19. The second-order valence-electron chi connectivity index (χ2n) is 5.77. The molecule has 0 saturated heterocycles.